The van der Waals surface area contributed by atoms with Gasteiger partial charge in [-0.2, -0.15) is 0 Å². The first-order valence-electron chi connectivity index (χ1n) is 7.38. The first kappa shape index (κ1) is 14.3. The van der Waals surface area contributed by atoms with Gasteiger partial charge >= 0.3 is 5.97 Å². The lowest BCUT2D eigenvalue weighted by Gasteiger charge is -2.35. The summed E-state index contributed by atoms with van der Waals surface area (Å²) >= 11 is 0. The molecule has 0 radical (unpaired) electrons. The molecule has 1 amide bonds. The number of carbonyl (C=O) groups is 2. The van der Waals surface area contributed by atoms with E-state index in [4.69, 9.17) is 5.11 Å². The zero-order chi connectivity index (χ0) is 13.7. The Morgan fingerprint density at radius 1 is 1.11 bits per heavy atom. The van der Waals surface area contributed by atoms with Crippen molar-refractivity contribution in [3.05, 3.63) is 0 Å². The normalized spacial score (nSPS) is 22.4. The number of piperidine rings is 2. The standard InChI is InChI=1S/C14H24N2O3/c17-13(18)2-1-11-5-9-16(10-6-11)14(19)12-3-7-15-8-4-12/h11-12,15H,1-10H2,(H,17,18). The maximum absolute atomic E-state index is 12.3. The van der Waals surface area contributed by atoms with Crippen molar-refractivity contribution in [2.75, 3.05) is 26.2 Å². The molecule has 5 nitrogen and oxygen atoms in total. The molecule has 5 heteroatoms. The van der Waals surface area contributed by atoms with Gasteiger partial charge < -0.3 is 15.3 Å². The molecule has 0 aromatic carbocycles. The zero-order valence-electron chi connectivity index (χ0n) is 11.4. The van der Waals surface area contributed by atoms with E-state index in [1.165, 1.54) is 0 Å². The Balaban J connectivity index is 1.72. The highest BCUT2D eigenvalue weighted by molar-refractivity contribution is 5.79. The molecular formula is C14H24N2O3. The number of nitrogens with one attached hydrogen (secondary N) is 1. The third kappa shape index (κ3) is 4.20. The molecular weight excluding hydrogens is 244 g/mol. The van der Waals surface area contributed by atoms with Gasteiger partial charge in [-0.15, -0.1) is 0 Å². The summed E-state index contributed by atoms with van der Waals surface area (Å²) in [4.78, 5) is 24.9. The van der Waals surface area contributed by atoms with Crippen LogP contribution in [0.1, 0.15) is 38.5 Å². The molecule has 0 saturated carbocycles. The minimum absolute atomic E-state index is 0.205. The van der Waals surface area contributed by atoms with Crippen LogP contribution in [0, 0.1) is 11.8 Å². The van der Waals surface area contributed by atoms with Gasteiger partial charge in [0, 0.05) is 25.4 Å². The van der Waals surface area contributed by atoms with Crippen LogP contribution in [0.4, 0.5) is 0 Å². The van der Waals surface area contributed by atoms with Gasteiger partial charge in [0.05, 0.1) is 0 Å². The van der Waals surface area contributed by atoms with E-state index in [1.807, 2.05) is 4.90 Å². The number of hydrogen-bond donors (Lipinski definition) is 2. The summed E-state index contributed by atoms with van der Waals surface area (Å²) < 4.78 is 0. The van der Waals surface area contributed by atoms with E-state index < -0.39 is 5.97 Å². The highest BCUT2D eigenvalue weighted by atomic mass is 16.4. The molecule has 0 unspecified atom stereocenters. The van der Waals surface area contributed by atoms with Crippen LogP contribution in [-0.4, -0.2) is 48.1 Å². The lowest BCUT2D eigenvalue weighted by Crippen LogP contribution is -2.44. The molecule has 0 aromatic heterocycles. The number of aliphatic carboxylic acids is 1. The Morgan fingerprint density at radius 3 is 2.32 bits per heavy atom. The van der Waals surface area contributed by atoms with E-state index in [1.54, 1.807) is 0 Å². The minimum Gasteiger partial charge on any atom is -0.481 e. The molecule has 2 rings (SSSR count). The van der Waals surface area contributed by atoms with Crippen molar-refractivity contribution in [3.63, 3.8) is 0 Å². The Kier molecular flexibility index (Phi) is 5.19. The van der Waals surface area contributed by atoms with Crippen LogP contribution >= 0.6 is 0 Å². The maximum atomic E-state index is 12.3. The van der Waals surface area contributed by atoms with Crippen molar-refractivity contribution in [1.82, 2.24) is 10.2 Å². The third-order valence-electron chi connectivity index (χ3n) is 4.38. The van der Waals surface area contributed by atoms with Crippen molar-refractivity contribution in [1.29, 1.82) is 0 Å². The van der Waals surface area contributed by atoms with Crippen molar-refractivity contribution < 1.29 is 14.7 Å². The average molecular weight is 268 g/mol. The van der Waals surface area contributed by atoms with E-state index in [-0.39, 0.29) is 12.3 Å². The number of carboxylic acid groups (broad SMARTS) is 1. The Labute approximate surface area is 114 Å². The summed E-state index contributed by atoms with van der Waals surface area (Å²) in [6.45, 7) is 3.52. The number of carboxylic acids is 1. The fraction of sp³-hybridized carbons (Fsp3) is 0.857. The second-order valence-electron chi connectivity index (χ2n) is 5.73. The lowest BCUT2D eigenvalue weighted by atomic mass is 9.90. The molecule has 2 fully saturated rings. The first-order chi connectivity index (χ1) is 9.16. The Bertz CT molecular complexity index is 319. The molecule has 2 aliphatic heterocycles. The molecule has 2 N–H and O–H groups in total. The van der Waals surface area contributed by atoms with Crippen molar-refractivity contribution in [2.24, 2.45) is 11.8 Å². The number of amides is 1. The molecule has 2 saturated heterocycles. The van der Waals surface area contributed by atoms with Crippen LogP contribution in [0.2, 0.25) is 0 Å². The average Bonchev–Trinajstić information content (AvgIpc) is 2.46. The summed E-state index contributed by atoms with van der Waals surface area (Å²) in [6, 6.07) is 0. The number of carbonyl (C=O) groups excluding carboxylic acids is 1. The fourth-order valence-corrected chi connectivity index (χ4v) is 3.10. The molecule has 2 aliphatic rings. The summed E-state index contributed by atoms with van der Waals surface area (Å²) in [7, 11) is 0. The van der Waals surface area contributed by atoms with Crippen LogP contribution < -0.4 is 5.32 Å². The number of likely N-dealkylation sites (tertiary alicyclic amines) is 1. The van der Waals surface area contributed by atoms with Crippen LogP contribution in [0.15, 0.2) is 0 Å². The van der Waals surface area contributed by atoms with Gasteiger partial charge in [0.15, 0.2) is 0 Å². The predicted molar refractivity (Wildman–Crippen MR) is 71.8 cm³/mol. The molecule has 2 heterocycles. The molecule has 0 atom stereocenters. The van der Waals surface area contributed by atoms with E-state index in [0.717, 1.165) is 58.3 Å². The predicted octanol–water partition coefficient (Wildman–Crippen LogP) is 1.09. The van der Waals surface area contributed by atoms with Crippen LogP contribution in [-0.2, 0) is 9.59 Å². The maximum Gasteiger partial charge on any atom is 0.303 e. The van der Waals surface area contributed by atoms with E-state index in [2.05, 4.69) is 5.32 Å². The van der Waals surface area contributed by atoms with Crippen LogP contribution in [0.25, 0.3) is 0 Å². The quantitative estimate of drug-likeness (QED) is 0.801. The SMILES string of the molecule is O=C(O)CCC1CCN(C(=O)C2CCNCC2)CC1. The summed E-state index contributed by atoms with van der Waals surface area (Å²) in [5.74, 6) is 0.288. The second-order valence-corrected chi connectivity index (χ2v) is 5.73. The monoisotopic (exact) mass is 268 g/mol. The van der Waals surface area contributed by atoms with Crippen LogP contribution in [0.5, 0.6) is 0 Å². The topological polar surface area (TPSA) is 69.6 Å². The molecule has 0 spiro atoms. The van der Waals surface area contributed by atoms with Gasteiger partial charge in [0.1, 0.15) is 0 Å². The number of nitrogens with zero attached hydrogens (tertiary/aromatic N) is 1. The molecule has 108 valence electrons. The first-order valence-corrected chi connectivity index (χ1v) is 7.38. The number of hydrogen-bond acceptors (Lipinski definition) is 3. The van der Waals surface area contributed by atoms with E-state index in [0.29, 0.717) is 11.8 Å². The molecule has 19 heavy (non-hydrogen) atoms. The van der Waals surface area contributed by atoms with Gasteiger partial charge in [0.25, 0.3) is 0 Å². The number of rotatable bonds is 4. The van der Waals surface area contributed by atoms with Gasteiger partial charge in [-0.05, 0) is 51.1 Å². The highest BCUT2D eigenvalue weighted by Crippen LogP contribution is 2.24. The van der Waals surface area contributed by atoms with E-state index in [9.17, 15) is 9.59 Å². The van der Waals surface area contributed by atoms with Crippen molar-refractivity contribution in [2.45, 2.75) is 38.5 Å². The van der Waals surface area contributed by atoms with Gasteiger partial charge in [-0.3, -0.25) is 9.59 Å². The van der Waals surface area contributed by atoms with Gasteiger partial charge in [-0.1, -0.05) is 0 Å². The minimum atomic E-state index is -0.715. The van der Waals surface area contributed by atoms with Crippen molar-refractivity contribution >= 4 is 11.9 Å². The van der Waals surface area contributed by atoms with Crippen molar-refractivity contribution in [3.8, 4) is 0 Å². The molecule has 0 aromatic rings. The largest absolute Gasteiger partial charge is 0.481 e. The molecule has 0 aliphatic carbocycles. The lowest BCUT2D eigenvalue weighted by molar-refractivity contribution is -0.139. The highest BCUT2D eigenvalue weighted by Gasteiger charge is 2.29. The second kappa shape index (κ2) is 6.89. The zero-order valence-corrected chi connectivity index (χ0v) is 11.4. The third-order valence-corrected chi connectivity index (χ3v) is 4.38. The Morgan fingerprint density at radius 2 is 1.74 bits per heavy atom. The smallest absolute Gasteiger partial charge is 0.303 e. The fourth-order valence-electron chi connectivity index (χ4n) is 3.10. The van der Waals surface area contributed by atoms with Gasteiger partial charge in [-0.25, -0.2) is 0 Å². The summed E-state index contributed by atoms with van der Waals surface area (Å²) in [5.41, 5.74) is 0. The Hall–Kier alpha value is -1.10. The molecule has 0 bridgehead atoms. The summed E-state index contributed by atoms with van der Waals surface area (Å²) in [5, 5.41) is 12.0. The van der Waals surface area contributed by atoms with Gasteiger partial charge in [0.2, 0.25) is 5.91 Å². The van der Waals surface area contributed by atoms with E-state index >= 15 is 0 Å². The van der Waals surface area contributed by atoms with Crippen LogP contribution in [0.3, 0.4) is 0 Å². The summed E-state index contributed by atoms with van der Waals surface area (Å²) in [6.07, 6.45) is 4.85.